The van der Waals surface area contributed by atoms with Crippen LogP contribution in [-0.4, -0.2) is 13.4 Å². The minimum atomic E-state index is -3.99. The van der Waals surface area contributed by atoms with Gasteiger partial charge in [-0.15, -0.1) is 0 Å². The normalized spacial score (nSPS) is 11.4. The van der Waals surface area contributed by atoms with E-state index < -0.39 is 9.84 Å². The summed E-state index contributed by atoms with van der Waals surface area (Å²) in [6.07, 6.45) is 0. The van der Waals surface area contributed by atoms with Gasteiger partial charge in [0.1, 0.15) is 0 Å². The summed E-state index contributed by atoms with van der Waals surface area (Å²) in [4.78, 5) is 4.32. The van der Waals surface area contributed by atoms with Gasteiger partial charge in [0.05, 0.1) is 4.90 Å². The monoisotopic (exact) mass is 478 g/mol. The van der Waals surface area contributed by atoms with E-state index in [4.69, 9.17) is 39.2 Å². The molecular weight excluding hydrogens is 467 g/mol. The van der Waals surface area contributed by atoms with E-state index in [0.717, 1.165) is 0 Å². The molecule has 1 N–H and O–H groups in total. The highest BCUT2D eigenvalue weighted by molar-refractivity contribution is 7.91. The quantitative estimate of drug-likeness (QED) is 0.338. The van der Waals surface area contributed by atoms with Crippen LogP contribution in [0.5, 0.6) is 0 Å². The van der Waals surface area contributed by atoms with Crippen molar-refractivity contribution >= 4 is 56.2 Å². The second-order valence-corrected chi connectivity index (χ2v) is 9.42. The smallest absolute Gasteiger partial charge is 0.238 e. The number of nitrogens with one attached hydrogen (secondary N) is 1. The van der Waals surface area contributed by atoms with Crippen molar-refractivity contribution in [2.75, 3.05) is 5.32 Å². The van der Waals surface area contributed by atoms with Crippen molar-refractivity contribution in [1.29, 1.82) is 0 Å². The summed E-state index contributed by atoms with van der Waals surface area (Å²) in [5.74, 6) is 0.118. The molecule has 1 aromatic heterocycles. The van der Waals surface area contributed by atoms with Gasteiger partial charge in [-0.05, 0) is 72.8 Å². The van der Waals surface area contributed by atoms with Crippen molar-refractivity contribution in [3.05, 3.63) is 87.9 Å². The van der Waals surface area contributed by atoms with E-state index in [9.17, 15) is 8.42 Å². The molecule has 0 aliphatic heterocycles. The lowest BCUT2D eigenvalue weighted by Gasteiger charge is -2.06. The van der Waals surface area contributed by atoms with Crippen molar-refractivity contribution in [2.45, 2.75) is 9.92 Å². The zero-order valence-electron chi connectivity index (χ0n) is 15.1. The molecule has 0 saturated carbocycles. The van der Waals surface area contributed by atoms with Crippen LogP contribution in [0.1, 0.15) is 0 Å². The number of aromatic nitrogens is 1. The Morgan fingerprint density at radius 2 is 1.23 bits per heavy atom. The van der Waals surface area contributed by atoms with Crippen molar-refractivity contribution in [3.63, 3.8) is 0 Å². The van der Waals surface area contributed by atoms with Crippen molar-refractivity contribution in [2.24, 2.45) is 0 Å². The highest BCUT2D eigenvalue weighted by Crippen LogP contribution is 2.34. The van der Waals surface area contributed by atoms with Gasteiger partial charge in [0.25, 0.3) is 0 Å². The molecule has 152 valence electrons. The third kappa shape index (κ3) is 4.32. The van der Waals surface area contributed by atoms with Crippen LogP contribution in [0.2, 0.25) is 15.1 Å². The number of sulfone groups is 1. The SMILES string of the molecule is O=S(=O)(c1ccc(Cl)cc1)c1nc(-c2ccc(Cl)cc2)oc1Nc1ccc(Cl)cc1. The number of oxazole rings is 1. The molecule has 0 amide bonds. The van der Waals surface area contributed by atoms with Crippen LogP contribution < -0.4 is 5.32 Å². The predicted molar refractivity (Wildman–Crippen MR) is 119 cm³/mol. The highest BCUT2D eigenvalue weighted by Gasteiger charge is 2.28. The lowest BCUT2D eigenvalue weighted by molar-refractivity contribution is 0.582. The van der Waals surface area contributed by atoms with Crippen LogP contribution in [0, 0.1) is 0 Å². The topological polar surface area (TPSA) is 72.2 Å². The summed E-state index contributed by atoms with van der Waals surface area (Å²) in [5, 5.41) is 4.24. The summed E-state index contributed by atoms with van der Waals surface area (Å²) in [6.45, 7) is 0. The molecule has 4 aromatic rings. The van der Waals surface area contributed by atoms with Gasteiger partial charge in [0.2, 0.25) is 26.6 Å². The molecular formula is C21H13Cl3N2O3S. The van der Waals surface area contributed by atoms with E-state index in [1.165, 1.54) is 24.3 Å². The minimum Gasteiger partial charge on any atom is -0.419 e. The van der Waals surface area contributed by atoms with Crippen LogP contribution >= 0.6 is 34.8 Å². The van der Waals surface area contributed by atoms with E-state index in [1.807, 2.05) is 0 Å². The maximum absolute atomic E-state index is 13.3. The van der Waals surface area contributed by atoms with E-state index in [2.05, 4.69) is 10.3 Å². The Morgan fingerprint density at radius 1 is 0.733 bits per heavy atom. The largest absolute Gasteiger partial charge is 0.419 e. The number of halogens is 3. The highest BCUT2D eigenvalue weighted by atomic mass is 35.5. The maximum Gasteiger partial charge on any atom is 0.238 e. The first-order valence-electron chi connectivity index (χ1n) is 8.63. The van der Waals surface area contributed by atoms with Crippen molar-refractivity contribution in [3.8, 4) is 11.5 Å². The molecule has 0 unspecified atom stereocenters. The Kier molecular flexibility index (Phi) is 5.75. The summed E-state index contributed by atoms with van der Waals surface area (Å²) in [6, 6.07) is 19.3. The first-order chi connectivity index (χ1) is 14.3. The molecule has 0 aliphatic rings. The number of rotatable bonds is 5. The molecule has 0 fully saturated rings. The van der Waals surface area contributed by atoms with E-state index in [1.54, 1.807) is 48.5 Å². The van der Waals surface area contributed by atoms with Crippen molar-refractivity contribution < 1.29 is 12.8 Å². The number of benzene rings is 3. The molecule has 30 heavy (non-hydrogen) atoms. The van der Waals surface area contributed by atoms with Gasteiger partial charge in [-0.3, -0.25) is 0 Å². The fourth-order valence-corrected chi connectivity index (χ4v) is 4.31. The molecule has 0 saturated heterocycles. The molecule has 1 heterocycles. The molecule has 4 rings (SSSR count). The molecule has 5 nitrogen and oxygen atoms in total. The number of hydrogen-bond donors (Lipinski definition) is 1. The van der Waals surface area contributed by atoms with Crippen LogP contribution in [0.15, 0.2) is 87.1 Å². The van der Waals surface area contributed by atoms with Gasteiger partial charge in [-0.1, -0.05) is 34.8 Å². The van der Waals surface area contributed by atoms with E-state index in [-0.39, 0.29) is 21.7 Å². The average Bonchev–Trinajstić information content (AvgIpc) is 3.15. The first kappa shape index (κ1) is 20.8. The van der Waals surface area contributed by atoms with Gasteiger partial charge >= 0.3 is 0 Å². The second-order valence-electron chi connectivity index (χ2n) is 6.25. The lowest BCUT2D eigenvalue weighted by atomic mass is 10.2. The minimum absolute atomic E-state index is 0.0165. The number of nitrogens with zero attached hydrogens (tertiary/aromatic N) is 1. The summed E-state index contributed by atoms with van der Waals surface area (Å²) >= 11 is 17.8. The van der Waals surface area contributed by atoms with Crippen LogP contribution in [0.4, 0.5) is 11.6 Å². The lowest BCUT2D eigenvalue weighted by Crippen LogP contribution is -2.05. The summed E-state index contributed by atoms with van der Waals surface area (Å²) in [5.41, 5.74) is 1.17. The van der Waals surface area contributed by atoms with Gasteiger partial charge in [0.15, 0.2) is 0 Å². The van der Waals surface area contributed by atoms with Crippen LogP contribution in [-0.2, 0) is 9.84 Å². The molecule has 3 aromatic carbocycles. The Labute approximate surface area is 188 Å². The van der Waals surface area contributed by atoms with E-state index in [0.29, 0.717) is 26.3 Å². The van der Waals surface area contributed by atoms with Gasteiger partial charge in [0, 0.05) is 26.3 Å². The molecule has 0 bridgehead atoms. The predicted octanol–water partition coefficient (Wildman–Crippen LogP) is 6.88. The Hall–Kier alpha value is -2.51. The van der Waals surface area contributed by atoms with E-state index >= 15 is 0 Å². The summed E-state index contributed by atoms with van der Waals surface area (Å²) < 4.78 is 32.3. The fraction of sp³-hybridized carbons (Fsp3) is 0. The zero-order chi connectivity index (χ0) is 21.3. The average molecular weight is 480 g/mol. The van der Waals surface area contributed by atoms with Gasteiger partial charge < -0.3 is 9.73 Å². The number of hydrogen-bond acceptors (Lipinski definition) is 5. The van der Waals surface area contributed by atoms with Gasteiger partial charge in [-0.25, -0.2) is 8.42 Å². The Balaban J connectivity index is 1.83. The van der Waals surface area contributed by atoms with Crippen LogP contribution in [0.3, 0.4) is 0 Å². The maximum atomic E-state index is 13.3. The first-order valence-corrected chi connectivity index (χ1v) is 11.2. The zero-order valence-corrected chi connectivity index (χ0v) is 18.2. The fourth-order valence-electron chi connectivity index (χ4n) is 2.67. The molecule has 0 aliphatic carbocycles. The molecule has 0 atom stereocenters. The Morgan fingerprint density at radius 3 is 1.80 bits per heavy atom. The Bertz CT molecular complexity index is 1290. The third-order valence-corrected chi connectivity index (χ3v) is 6.60. The molecule has 0 radical (unpaired) electrons. The second kappa shape index (κ2) is 8.32. The molecule has 9 heteroatoms. The summed E-state index contributed by atoms with van der Waals surface area (Å²) in [7, 11) is -3.99. The third-order valence-electron chi connectivity index (χ3n) is 4.17. The van der Waals surface area contributed by atoms with Gasteiger partial charge in [-0.2, -0.15) is 4.98 Å². The van der Waals surface area contributed by atoms with Crippen molar-refractivity contribution in [1.82, 2.24) is 4.98 Å². The standard InChI is InChI=1S/C21H13Cl3N2O3S/c22-14-3-1-13(2-4-14)19-26-21(30(27,28)18-11-7-16(24)8-12-18)20(29-19)25-17-9-5-15(23)6-10-17/h1-12,25H. The molecule has 0 spiro atoms. The van der Waals surface area contributed by atoms with Crippen LogP contribution in [0.25, 0.3) is 11.5 Å². The number of anilines is 2.